The number of amides is 1. The molecule has 1 aromatic carbocycles. The Hall–Kier alpha value is -0.730. The van der Waals surface area contributed by atoms with Gasteiger partial charge in [0.2, 0.25) is 5.91 Å². The molecule has 0 aliphatic rings. The van der Waals surface area contributed by atoms with Gasteiger partial charge in [0.05, 0.1) is 0 Å². The number of hydrogen-bond acceptors (Lipinski definition) is 1. The molecule has 0 aromatic heterocycles. The van der Waals surface area contributed by atoms with Gasteiger partial charge in [0.15, 0.2) is 0 Å². The van der Waals surface area contributed by atoms with Crippen LogP contribution in [-0.2, 0) is 11.2 Å². The fourth-order valence-corrected chi connectivity index (χ4v) is 1.60. The number of rotatable bonds is 5. The molecule has 0 aliphatic carbocycles. The monoisotopic (exact) mass is 245 g/mol. The Morgan fingerprint density at radius 3 is 2.87 bits per heavy atom. The number of nitrogens with one attached hydrogen (secondary N) is 1. The number of carbonyl (C=O) groups excluding carboxylic acids is 1. The second-order valence-electron chi connectivity index (χ2n) is 3.17. The second-order valence-corrected chi connectivity index (χ2v) is 3.98. The highest BCUT2D eigenvalue weighted by atomic mass is 35.5. The Morgan fingerprint density at radius 2 is 2.20 bits per heavy atom. The van der Waals surface area contributed by atoms with Crippen molar-refractivity contribution >= 4 is 29.1 Å². The summed E-state index contributed by atoms with van der Waals surface area (Å²) in [6.45, 7) is 0.621. The zero-order valence-electron chi connectivity index (χ0n) is 8.30. The fourth-order valence-electron chi connectivity index (χ4n) is 1.21. The molecule has 1 aromatic rings. The molecular formula is C11H13Cl2NO. The molecule has 0 atom stereocenters. The first-order valence-corrected chi connectivity index (χ1v) is 5.70. The summed E-state index contributed by atoms with van der Waals surface area (Å²) < 4.78 is 0. The molecule has 0 unspecified atom stereocenters. The minimum Gasteiger partial charge on any atom is -0.356 e. The second kappa shape index (κ2) is 6.70. The Balaban J connectivity index is 2.28. The predicted octanol–water partition coefficient (Wildman–Crippen LogP) is 2.63. The quantitative estimate of drug-likeness (QED) is 0.795. The van der Waals surface area contributed by atoms with Gasteiger partial charge in [-0.1, -0.05) is 23.7 Å². The summed E-state index contributed by atoms with van der Waals surface area (Å²) in [4.78, 5) is 11.1. The third-order valence-corrected chi connectivity index (χ3v) is 2.37. The normalized spacial score (nSPS) is 10.0. The third kappa shape index (κ3) is 5.05. The van der Waals surface area contributed by atoms with Crippen LogP contribution in [0.15, 0.2) is 24.3 Å². The minimum atomic E-state index is -0.00738. The van der Waals surface area contributed by atoms with E-state index in [1.165, 1.54) is 0 Å². The van der Waals surface area contributed by atoms with E-state index in [1.807, 2.05) is 24.3 Å². The van der Waals surface area contributed by atoms with Gasteiger partial charge in [-0.25, -0.2) is 0 Å². The fraction of sp³-hybridized carbons (Fsp3) is 0.364. The van der Waals surface area contributed by atoms with Gasteiger partial charge in [-0.15, -0.1) is 11.6 Å². The van der Waals surface area contributed by atoms with Crippen molar-refractivity contribution in [3.05, 3.63) is 34.9 Å². The lowest BCUT2D eigenvalue weighted by molar-refractivity contribution is -0.120. The zero-order chi connectivity index (χ0) is 11.1. The van der Waals surface area contributed by atoms with Crippen LogP contribution in [0.1, 0.15) is 12.0 Å². The molecule has 0 saturated carbocycles. The van der Waals surface area contributed by atoms with Crippen LogP contribution in [0.5, 0.6) is 0 Å². The van der Waals surface area contributed by atoms with Gasteiger partial charge in [0.25, 0.3) is 0 Å². The van der Waals surface area contributed by atoms with E-state index in [9.17, 15) is 4.79 Å². The summed E-state index contributed by atoms with van der Waals surface area (Å²) in [5.41, 5.74) is 1.12. The highest BCUT2D eigenvalue weighted by Crippen LogP contribution is 2.10. The first-order valence-electron chi connectivity index (χ1n) is 4.79. The maximum absolute atomic E-state index is 11.1. The van der Waals surface area contributed by atoms with Gasteiger partial charge >= 0.3 is 0 Å². The number of halogens is 2. The highest BCUT2D eigenvalue weighted by molar-refractivity contribution is 6.30. The Kier molecular flexibility index (Phi) is 5.51. The summed E-state index contributed by atoms with van der Waals surface area (Å²) in [6.07, 6.45) is 1.16. The van der Waals surface area contributed by atoms with Gasteiger partial charge in [0.1, 0.15) is 0 Å². The van der Waals surface area contributed by atoms with Crippen molar-refractivity contribution in [3.8, 4) is 0 Å². The Labute approximate surface area is 99.6 Å². The summed E-state index contributed by atoms with van der Waals surface area (Å²) in [6, 6.07) is 7.62. The van der Waals surface area contributed by atoms with E-state index in [-0.39, 0.29) is 5.91 Å². The molecule has 0 bridgehead atoms. The standard InChI is InChI=1S/C11H13Cl2NO/c12-6-4-11(15)14-7-5-9-2-1-3-10(13)8-9/h1-3,8H,4-7H2,(H,14,15). The molecule has 4 heteroatoms. The smallest absolute Gasteiger partial charge is 0.221 e. The molecule has 0 spiro atoms. The molecule has 2 nitrogen and oxygen atoms in total. The Morgan fingerprint density at radius 1 is 1.40 bits per heavy atom. The molecule has 0 aliphatic heterocycles. The molecule has 0 saturated heterocycles. The number of hydrogen-bond donors (Lipinski definition) is 1. The maximum atomic E-state index is 11.1. The SMILES string of the molecule is O=C(CCCl)NCCc1cccc(Cl)c1. The van der Waals surface area contributed by atoms with Crippen LogP contribution in [0.3, 0.4) is 0 Å². The van der Waals surface area contributed by atoms with Gasteiger partial charge in [-0.05, 0) is 24.1 Å². The van der Waals surface area contributed by atoms with E-state index in [0.29, 0.717) is 18.8 Å². The van der Waals surface area contributed by atoms with E-state index >= 15 is 0 Å². The van der Waals surface area contributed by atoms with Crippen LogP contribution < -0.4 is 5.32 Å². The van der Waals surface area contributed by atoms with E-state index in [4.69, 9.17) is 23.2 Å². The average Bonchev–Trinajstić information content (AvgIpc) is 2.18. The maximum Gasteiger partial charge on any atom is 0.221 e. The summed E-state index contributed by atoms with van der Waals surface area (Å²) in [5.74, 6) is 0.357. The van der Waals surface area contributed by atoms with Crippen molar-refractivity contribution in [1.82, 2.24) is 5.32 Å². The summed E-state index contributed by atoms with van der Waals surface area (Å²) >= 11 is 11.3. The lowest BCUT2D eigenvalue weighted by Crippen LogP contribution is -2.25. The average molecular weight is 246 g/mol. The Bertz CT molecular complexity index is 328. The lowest BCUT2D eigenvalue weighted by atomic mass is 10.1. The van der Waals surface area contributed by atoms with Gasteiger partial charge in [-0.3, -0.25) is 4.79 Å². The molecule has 1 amide bonds. The van der Waals surface area contributed by atoms with Crippen molar-refractivity contribution in [2.75, 3.05) is 12.4 Å². The largest absolute Gasteiger partial charge is 0.356 e. The first-order chi connectivity index (χ1) is 7.22. The zero-order valence-corrected chi connectivity index (χ0v) is 9.81. The van der Waals surface area contributed by atoms with Crippen molar-refractivity contribution in [3.63, 3.8) is 0 Å². The molecule has 1 N–H and O–H groups in total. The minimum absolute atomic E-state index is 0.00738. The van der Waals surface area contributed by atoms with Gasteiger partial charge in [0, 0.05) is 23.9 Å². The van der Waals surface area contributed by atoms with Crippen LogP contribution in [0.2, 0.25) is 5.02 Å². The third-order valence-electron chi connectivity index (χ3n) is 1.95. The topological polar surface area (TPSA) is 29.1 Å². The van der Waals surface area contributed by atoms with Gasteiger partial charge in [-0.2, -0.15) is 0 Å². The van der Waals surface area contributed by atoms with Crippen LogP contribution in [0.25, 0.3) is 0 Å². The van der Waals surface area contributed by atoms with Gasteiger partial charge < -0.3 is 5.32 Å². The molecule has 1 rings (SSSR count). The van der Waals surface area contributed by atoms with E-state index in [0.717, 1.165) is 17.0 Å². The number of alkyl halides is 1. The van der Waals surface area contributed by atoms with E-state index in [2.05, 4.69) is 5.32 Å². The van der Waals surface area contributed by atoms with Crippen LogP contribution >= 0.6 is 23.2 Å². The summed E-state index contributed by atoms with van der Waals surface area (Å²) in [5, 5.41) is 3.51. The van der Waals surface area contributed by atoms with Crippen molar-refractivity contribution < 1.29 is 4.79 Å². The van der Waals surface area contributed by atoms with Crippen molar-refractivity contribution in [2.24, 2.45) is 0 Å². The molecule has 82 valence electrons. The molecule has 0 radical (unpaired) electrons. The van der Waals surface area contributed by atoms with Crippen LogP contribution in [0.4, 0.5) is 0 Å². The number of benzene rings is 1. The highest BCUT2D eigenvalue weighted by Gasteiger charge is 1.99. The van der Waals surface area contributed by atoms with Crippen molar-refractivity contribution in [2.45, 2.75) is 12.8 Å². The van der Waals surface area contributed by atoms with E-state index < -0.39 is 0 Å². The van der Waals surface area contributed by atoms with E-state index in [1.54, 1.807) is 0 Å². The number of carbonyl (C=O) groups is 1. The molecule has 0 fully saturated rings. The predicted molar refractivity (Wildman–Crippen MR) is 63.5 cm³/mol. The van der Waals surface area contributed by atoms with Crippen LogP contribution in [0, 0.1) is 0 Å². The molecular weight excluding hydrogens is 233 g/mol. The lowest BCUT2D eigenvalue weighted by Gasteiger charge is -2.04. The molecule has 15 heavy (non-hydrogen) atoms. The first kappa shape index (κ1) is 12.3. The molecule has 0 heterocycles. The summed E-state index contributed by atoms with van der Waals surface area (Å²) in [7, 11) is 0. The van der Waals surface area contributed by atoms with Crippen molar-refractivity contribution in [1.29, 1.82) is 0 Å². The van der Waals surface area contributed by atoms with Crippen LogP contribution in [-0.4, -0.2) is 18.3 Å².